The molecule has 2 aromatic carbocycles. The second kappa shape index (κ2) is 13.3. The SMILES string of the molecule is CN=C(NCC1CC(=O)N(CCc2ccccc2)C1)NCC(C)Oc1cccc(C)c1.I. The van der Waals surface area contributed by atoms with Crippen molar-refractivity contribution in [2.45, 2.75) is 32.8 Å². The lowest BCUT2D eigenvalue weighted by Crippen LogP contribution is -2.43. The standard InChI is InChI=1S/C25H34N4O2.HI/c1-19-8-7-11-23(14-19)31-20(2)16-27-25(26-3)28-17-22-15-24(30)29(18-22)13-12-21-9-5-4-6-10-21;/h4-11,14,20,22H,12-13,15-18H2,1-3H3,(H2,26,27,28);1H. The zero-order chi connectivity index (χ0) is 22.1. The fourth-order valence-electron chi connectivity index (χ4n) is 3.78. The van der Waals surface area contributed by atoms with Crippen LogP contribution < -0.4 is 15.4 Å². The Morgan fingerprint density at radius 2 is 1.97 bits per heavy atom. The van der Waals surface area contributed by atoms with Crippen LogP contribution in [0.3, 0.4) is 0 Å². The Hall–Kier alpha value is -2.29. The molecule has 1 aliphatic rings. The summed E-state index contributed by atoms with van der Waals surface area (Å²) in [5.74, 6) is 2.14. The Balaban J connectivity index is 0.00000363. The van der Waals surface area contributed by atoms with Crippen molar-refractivity contribution in [3.63, 3.8) is 0 Å². The highest BCUT2D eigenvalue weighted by atomic mass is 127. The van der Waals surface area contributed by atoms with Crippen LogP contribution in [0.25, 0.3) is 0 Å². The maximum Gasteiger partial charge on any atom is 0.223 e. The minimum absolute atomic E-state index is 0. The van der Waals surface area contributed by atoms with E-state index in [0.717, 1.165) is 37.8 Å². The molecule has 32 heavy (non-hydrogen) atoms. The van der Waals surface area contributed by atoms with E-state index < -0.39 is 0 Å². The van der Waals surface area contributed by atoms with E-state index in [4.69, 9.17) is 4.74 Å². The molecule has 0 radical (unpaired) electrons. The van der Waals surface area contributed by atoms with Gasteiger partial charge in [-0.1, -0.05) is 42.5 Å². The van der Waals surface area contributed by atoms with Crippen LogP contribution in [-0.2, 0) is 11.2 Å². The van der Waals surface area contributed by atoms with Crippen LogP contribution in [0.1, 0.15) is 24.5 Å². The predicted molar refractivity (Wildman–Crippen MR) is 141 cm³/mol. The molecular formula is C25H35IN4O2. The topological polar surface area (TPSA) is 66.0 Å². The zero-order valence-corrected chi connectivity index (χ0v) is 21.5. The molecule has 1 aliphatic heterocycles. The average Bonchev–Trinajstić information content (AvgIpc) is 3.12. The van der Waals surface area contributed by atoms with Crippen LogP contribution >= 0.6 is 24.0 Å². The quantitative estimate of drug-likeness (QED) is 0.285. The maximum absolute atomic E-state index is 12.4. The van der Waals surface area contributed by atoms with Gasteiger partial charge in [-0.3, -0.25) is 9.79 Å². The summed E-state index contributed by atoms with van der Waals surface area (Å²) in [6, 6.07) is 18.4. The van der Waals surface area contributed by atoms with Crippen molar-refractivity contribution in [3.8, 4) is 5.75 Å². The Kier molecular flexibility index (Phi) is 10.8. The lowest BCUT2D eigenvalue weighted by Gasteiger charge is -2.19. The highest BCUT2D eigenvalue weighted by Crippen LogP contribution is 2.18. The number of carbonyl (C=O) groups excluding carboxylic acids is 1. The van der Waals surface area contributed by atoms with Crippen molar-refractivity contribution in [2.75, 3.05) is 33.2 Å². The summed E-state index contributed by atoms with van der Waals surface area (Å²) in [6.07, 6.45) is 1.49. The van der Waals surface area contributed by atoms with Crippen molar-refractivity contribution in [2.24, 2.45) is 10.9 Å². The number of carbonyl (C=O) groups is 1. The number of ether oxygens (including phenoxy) is 1. The van der Waals surface area contributed by atoms with Crippen molar-refractivity contribution < 1.29 is 9.53 Å². The second-order valence-corrected chi connectivity index (χ2v) is 8.22. The number of aryl methyl sites for hydroxylation is 1. The summed E-state index contributed by atoms with van der Waals surface area (Å²) in [5.41, 5.74) is 2.45. The van der Waals surface area contributed by atoms with E-state index in [1.54, 1.807) is 7.05 Å². The number of nitrogens with zero attached hydrogens (tertiary/aromatic N) is 2. The number of aliphatic imine (C=N–C) groups is 1. The molecule has 174 valence electrons. The largest absolute Gasteiger partial charge is 0.489 e. The number of guanidine groups is 1. The molecule has 2 unspecified atom stereocenters. The van der Waals surface area contributed by atoms with Crippen molar-refractivity contribution in [1.82, 2.24) is 15.5 Å². The lowest BCUT2D eigenvalue weighted by molar-refractivity contribution is -0.127. The zero-order valence-electron chi connectivity index (χ0n) is 19.2. The first-order valence-electron chi connectivity index (χ1n) is 11.0. The number of amides is 1. The third-order valence-corrected chi connectivity index (χ3v) is 5.47. The molecule has 1 amide bonds. The Morgan fingerprint density at radius 3 is 2.69 bits per heavy atom. The van der Waals surface area contributed by atoms with Gasteiger partial charge in [-0.2, -0.15) is 0 Å². The van der Waals surface area contributed by atoms with Gasteiger partial charge >= 0.3 is 0 Å². The first kappa shape index (κ1) is 26.0. The maximum atomic E-state index is 12.4. The fourth-order valence-corrected chi connectivity index (χ4v) is 3.78. The molecule has 6 nitrogen and oxygen atoms in total. The van der Waals surface area contributed by atoms with Gasteiger partial charge in [0.2, 0.25) is 5.91 Å². The first-order chi connectivity index (χ1) is 15.0. The number of hydrogen-bond donors (Lipinski definition) is 2. The second-order valence-electron chi connectivity index (χ2n) is 8.22. The van der Waals surface area contributed by atoms with Crippen LogP contribution in [0.5, 0.6) is 5.75 Å². The van der Waals surface area contributed by atoms with E-state index in [0.29, 0.717) is 18.9 Å². The van der Waals surface area contributed by atoms with Crippen LogP contribution in [0, 0.1) is 12.8 Å². The molecule has 2 N–H and O–H groups in total. The number of benzene rings is 2. The van der Waals surface area contributed by atoms with Gasteiger partial charge in [-0.05, 0) is 43.5 Å². The number of halogens is 1. The van der Waals surface area contributed by atoms with Gasteiger partial charge in [0, 0.05) is 39.0 Å². The Morgan fingerprint density at radius 1 is 1.19 bits per heavy atom. The minimum atomic E-state index is 0. The molecular weight excluding hydrogens is 515 g/mol. The summed E-state index contributed by atoms with van der Waals surface area (Å²) < 4.78 is 5.96. The third-order valence-electron chi connectivity index (χ3n) is 5.47. The molecule has 2 aromatic rings. The van der Waals surface area contributed by atoms with Gasteiger partial charge < -0.3 is 20.3 Å². The Bertz CT molecular complexity index is 875. The Labute approximate surface area is 208 Å². The molecule has 2 atom stereocenters. The smallest absolute Gasteiger partial charge is 0.223 e. The molecule has 0 saturated carbocycles. The summed E-state index contributed by atoms with van der Waals surface area (Å²) in [6.45, 7) is 7.02. The third kappa shape index (κ3) is 8.33. The summed E-state index contributed by atoms with van der Waals surface area (Å²) in [5, 5.41) is 6.67. The molecule has 3 rings (SSSR count). The summed E-state index contributed by atoms with van der Waals surface area (Å²) >= 11 is 0. The first-order valence-corrected chi connectivity index (χ1v) is 11.0. The highest BCUT2D eigenvalue weighted by Gasteiger charge is 2.29. The van der Waals surface area contributed by atoms with Gasteiger partial charge in [-0.15, -0.1) is 24.0 Å². The summed E-state index contributed by atoms with van der Waals surface area (Å²) in [7, 11) is 1.76. The highest BCUT2D eigenvalue weighted by molar-refractivity contribution is 14.0. The number of likely N-dealkylation sites (tertiary alicyclic amines) is 1. The molecule has 0 aromatic heterocycles. The van der Waals surface area contributed by atoms with E-state index in [9.17, 15) is 4.79 Å². The van der Waals surface area contributed by atoms with Gasteiger partial charge in [0.05, 0.1) is 6.54 Å². The molecule has 1 heterocycles. The van der Waals surface area contributed by atoms with E-state index in [1.807, 2.05) is 48.2 Å². The van der Waals surface area contributed by atoms with E-state index in [2.05, 4.69) is 40.7 Å². The van der Waals surface area contributed by atoms with E-state index in [-0.39, 0.29) is 36.0 Å². The van der Waals surface area contributed by atoms with E-state index >= 15 is 0 Å². The van der Waals surface area contributed by atoms with Gasteiger partial charge in [0.15, 0.2) is 5.96 Å². The molecule has 1 fully saturated rings. The van der Waals surface area contributed by atoms with Crippen molar-refractivity contribution in [3.05, 3.63) is 65.7 Å². The number of hydrogen-bond acceptors (Lipinski definition) is 3. The van der Waals surface area contributed by atoms with Crippen LogP contribution in [-0.4, -0.2) is 56.1 Å². The van der Waals surface area contributed by atoms with Gasteiger partial charge in [0.1, 0.15) is 11.9 Å². The molecule has 0 bridgehead atoms. The van der Waals surface area contributed by atoms with Crippen LogP contribution in [0.4, 0.5) is 0 Å². The molecule has 0 aliphatic carbocycles. The van der Waals surface area contributed by atoms with Gasteiger partial charge in [-0.25, -0.2) is 0 Å². The normalized spacial score (nSPS) is 17.0. The van der Waals surface area contributed by atoms with Crippen LogP contribution in [0.2, 0.25) is 0 Å². The molecule has 7 heteroatoms. The van der Waals surface area contributed by atoms with Crippen molar-refractivity contribution in [1.29, 1.82) is 0 Å². The van der Waals surface area contributed by atoms with Crippen LogP contribution in [0.15, 0.2) is 59.6 Å². The van der Waals surface area contributed by atoms with Gasteiger partial charge in [0.25, 0.3) is 0 Å². The molecule has 0 spiro atoms. The number of nitrogens with one attached hydrogen (secondary N) is 2. The fraction of sp³-hybridized carbons (Fsp3) is 0.440. The van der Waals surface area contributed by atoms with E-state index in [1.165, 1.54) is 11.1 Å². The lowest BCUT2D eigenvalue weighted by atomic mass is 10.1. The predicted octanol–water partition coefficient (Wildman–Crippen LogP) is 3.64. The average molecular weight is 550 g/mol. The minimum Gasteiger partial charge on any atom is -0.489 e. The number of rotatable bonds is 9. The summed E-state index contributed by atoms with van der Waals surface area (Å²) in [4.78, 5) is 18.6. The van der Waals surface area contributed by atoms with Crippen molar-refractivity contribution >= 4 is 35.8 Å². The molecule has 1 saturated heterocycles. The monoisotopic (exact) mass is 550 g/mol.